The van der Waals surface area contributed by atoms with E-state index in [2.05, 4.69) is 9.71 Å². The molecule has 3 aromatic rings. The van der Waals surface area contributed by atoms with Gasteiger partial charge in [0.25, 0.3) is 0 Å². The van der Waals surface area contributed by atoms with E-state index in [1.165, 1.54) is 7.11 Å². The number of methoxy groups -OCH3 is 1. The predicted octanol–water partition coefficient (Wildman–Crippen LogP) is 3.58. The van der Waals surface area contributed by atoms with Crippen molar-refractivity contribution in [3.63, 3.8) is 0 Å². The third-order valence-electron chi connectivity index (χ3n) is 5.51. The molecule has 0 fully saturated rings. The molecule has 0 saturated carbocycles. The van der Waals surface area contributed by atoms with Crippen molar-refractivity contribution in [2.24, 2.45) is 0 Å². The minimum Gasteiger partial charge on any atom is -0.482 e. The summed E-state index contributed by atoms with van der Waals surface area (Å²) in [5.41, 5.74) is 3.11. The van der Waals surface area contributed by atoms with Crippen molar-refractivity contribution in [2.45, 2.75) is 30.2 Å². The highest BCUT2D eigenvalue weighted by molar-refractivity contribution is 7.89. The lowest BCUT2D eigenvalue weighted by Gasteiger charge is -2.27. The Balaban J connectivity index is 1.55. The molecule has 0 aliphatic heterocycles. The van der Waals surface area contributed by atoms with Crippen LogP contribution < -0.4 is 14.2 Å². The van der Waals surface area contributed by atoms with Crippen molar-refractivity contribution in [1.82, 2.24) is 9.71 Å². The summed E-state index contributed by atoms with van der Waals surface area (Å²) >= 11 is 0. The monoisotopic (exact) mass is 468 g/mol. The van der Waals surface area contributed by atoms with Gasteiger partial charge in [-0.2, -0.15) is 0 Å². The Morgan fingerprint density at radius 1 is 1.12 bits per heavy atom. The van der Waals surface area contributed by atoms with Crippen molar-refractivity contribution in [1.29, 1.82) is 0 Å². The Morgan fingerprint density at radius 3 is 2.61 bits per heavy atom. The van der Waals surface area contributed by atoms with E-state index in [1.54, 1.807) is 42.5 Å². The van der Waals surface area contributed by atoms with Crippen LogP contribution in [0.15, 0.2) is 65.6 Å². The molecule has 0 saturated heterocycles. The number of benzene rings is 2. The van der Waals surface area contributed by atoms with Gasteiger partial charge >= 0.3 is 5.97 Å². The van der Waals surface area contributed by atoms with E-state index in [0.29, 0.717) is 30.2 Å². The van der Waals surface area contributed by atoms with E-state index < -0.39 is 28.6 Å². The zero-order chi connectivity index (χ0) is 23.4. The summed E-state index contributed by atoms with van der Waals surface area (Å²) in [6.45, 7) is -0.443. The number of pyridine rings is 1. The zero-order valence-corrected chi connectivity index (χ0v) is 18.8. The molecule has 2 aromatic carbocycles. The van der Waals surface area contributed by atoms with Crippen LogP contribution >= 0.6 is 0 Å². The van der Waals surface area contributed by atoms with Gasteiger partial charge in [0.15, 0.2) is 6.61 Å². The minimum absolute atomic E-state index is 0.152. The number of carbonyl (C=O) groups is 1. The van der Waals surface area contributed by atoms with Crippen molar-refractivity contribution in [3.05, 3.63) is 71.8 Å². The smallest absolute Gasteiger partial charge is 0.341 e. The molecule has 8 nitrogen and oxygen atoms in total. The number of hydrogen-bond donors (Lipinski definition) is 2. The lowest BCUT2D eigenvalue weighted by molar-refractivity contribution is -0.139. The molecule has 0 spiro atoms. The fourth-order valence-electron chi connectivity index (χ4n) is 3.96. The molecular weight excluding hydrogens is 444 g/mol. The van der Waals surface area contributed by atoms with Gasteiger partial charge in [0.1, 0.15) is 5.75 Å². The highest BCUT2D eigenvalue weighted by Gasteiger charge is 2.27. The average molecular weight is 469 g/mol. The van der Waals surface area contributed by atoms with Gasteiger partial charge in [0.05, 0.1) is 17.7 Å². The maximum Gasteiger partial charge on any atom is 0.341 e. The van der Waals surface area contributed by atoms with Crippen LogP contribution in [0.2, 0.25) is 0 Å². The molecule has 1 aromatic heterocycles. The highest BCUT2D eigenvalue weighted by atomic mass is 32.2. The van der Waals surface area contributed by atoms with Crippen LogP contribution in [0.3, 0.4) is 0 Å². The SMILES string of the molecule is COc1cccc(-c2ccc(S(=O)(=O)NC3CCCc4c(OCC(=O)O)cccc43)cc2)n1. The first kappa shape index (κ1) is 22.8. The molecule has 0 bridgehead atoms. The summed E-state index contributed by atoms with van der Waals surface area (Å²) in [6, 6.07) is 16.8. The average Bonchev–Trinajstić information content (AvgIpc) is 2.83. The number of aromatic nitrogens is 1. The topological polar surface area (TPSA) is 115 Å². The second-order valence-electron chi connectivity index (χ2n) is 7.66. The molecule has 0 radical (unpaired) electrons. The van der Waals surface area contributed by atoms with Crippen molar-refractivity contribution < 1.29 is 27.8 Å². The minimum atomic E-state index is -3.78. The quantitative estimate of drug-likeness (QED) is 0.519. The Hall–Kier alpha value is -3.43. The molecule has 1 heterocycles. The molecular formula is C24H24N2O6S. The van der Waals surface area contributed by atoms with Gasteiger partial charge in [-0.25, -0.2) is 22.9 Å². The summed E-state index contributed by atoms with van der Waals surface area (Å²) in [5, 5.41) is 8.90. The fraction of sp³-hybridized carbons (Fsp3) is 0.250. The number of rotatable bonds is 8. The van der Waals surface area contributed by atoms with E-state index >= 15 is 0 Å². The van der Waals surface area contributed by atoms with Crippen LogP contribution in [0.4, 0.5) is 0 Å². The maximum absolute atomic E-state index is 13.1. The van der Waals surface area contributed by atoms with E-state index in [9.17, 15) is 13.2 Å². The second kappa shape index (κ2) is 9.60. The van der Waals surface area contributed by atoms with Gasteiger partial charge in [-0.3, -0.25) is 0 Å². The lowest BCUT2D eigenvalue weighted by atomic mass is 9.87. The van der Waals surface area contributed by atoms with E-state index in [4.69, 9.17) is 14.6 Å². The molecule has 1 unspecified atom stereocenters. The Kier molecular flexibility index (Phi) is 6.62. The molecule has 0 amide bonds. The number of carboxylic acid groups (broad SMARTS) is 1. The third-order valence-corrected chi connectivity index (χ3v) is 6.99. The first-order chi connectivity index (χ1) is 15.9. The van der Waals surface area contributed by atoms with Crippen LogP contribution in [0, 0.1) is 0 Å². The van der Waals surface area contributed by atoms with Gasteiger partial charge in [0.2, 0.25) is 15.9 Å². The van der Waals surface area contributed by atoms with Gasteiger partial charge in [0, 0.05) is 17.7 Å². The first-order valence-corrected chi connectivity index (χ1v) is 12.0. The Bertz CT molecular complexity index is 1260. The van der Waals surface area contributed by atoms with E-state index in [1.807, 2.05) is 18.2 Å². The van der Waals surface area contributed by atoms with Crippen LogP contribution in [-0.2, 0) is 21.2 Å². The van der Waals surface area contributed by atoms with Crippen molar-refractivity contribution in [3.8, 4) is 22.9 Å². The number of carboxylic acids is 1. The molecule has 2 N–H and O–H groups in total. The van der Waals surface area contributed by atoms with Gasteiger partial charge < -0.3 is 14.6 Å². The maximum atomic E-state index is 13.1. The Morgan fingerprint density at radius 2 is 1.88 bits per heavy atom. The van der Waals surface area contributed by atoms with Crippen molar-refractivity contribution >= 4 is 16.0 Å². The van der Waals surface area contributed by atoms with Crippen LogP contribution in [0.25, 0.3) is 11.3 Å². The molecule has 33 heavy (non-hydrogen) atoms. The molecule has 1 aliphatic rings. The number of fused-ring (bicyclic) bond motifs is 1. The van der Waals surface area contributed by atoms with Crippen LogP contribution in [-0.4, -0.2) is 38.2 Å². The van der Waals surface area contributed by atoms with Gasteiger partial charge in [-0.1, -0.05) is 30.3 Å². The standard InChI is InChI=1S/C24H24N2O6S/c1-31-23-10-4-7-20(25-23)16-11-13-17(14-12-16)33(29,30)26-21-8-2-6-19-18(21)5-3-9-22(19)32-15-24(27)28/h3-5,7,9-14,21,26H,2,6,8,15H2,1H3,(H,27,28). The predicted molar refractivity (Wildman–Crippen MR) is 122 cm³/mol. The fourth-order valence-corrected chi connectivity index (χ4v) is 5.21. The number of hydrogen-bond acceptors (Lipinski definition) is 6. The van der Waals surface area contributed by atoms with Gasteiger partial charge in [-0.15, -0.1) is 0 Å². The van der Waals surface area contributed by atoms with E-state index in [0.717, 1.165) is 23.1 Å². The summed E-state index contributed by atoms with van der Waals surface area (Å²) in [4.78, 5) is 15.4. The largest absolute Gasteiger partial charge is 0.482 e. The zero-order valence-electron chi connectivity index (χ0n) is 18.0. The number of nitrogens with zero attached hydrogens (tertiary/aromatic N) is 1. The summed E-state index contributed by atoms with van der Waals surface area (Å²) < 4.78 is 39.6. The first-order valence-electron chi connectivity index (χ1n) is 10.5. The number of aliphatic carboxylic acids is 1. The van der Waals surface area contributed by atoms with Crippen LogP contribution in [0.1, 0.15) is 30.0 Å². The van der Waals surface area contributed by atoms with Gasteiger partial charge in [-0.05, 0) is 54.7 Å². The number of sulfonamides is 1. The third kappa shape index (κ3) is 5.15. The molecule has 1 aliphatic carbocycles. The normalized spacial score (nSPS) is 15.5. The molecule has 9 heteroatoms. The highest BCUT2D eigenvalue weighted by Crippen LogP contribution is 2.36. The lowest BCUT2D eigenvalue weighted by Crippen LogP contribution is -2.31. The molecule has 4 rings (SSSR count). The van der Waals surface area contributed by atoms with E-state index in [-0.39, 0.29) is 4.90 Å². The number of nitrogens with one attached hydrogen (secondary N) is 1. The second-order valence-corrected chi connectivity index (χ2v) is 9.38. The summed E-state index contributed by atoms with van der Waals surface area (Å²) in [7, 11) is -2.24. The summed E-state index contributed by atoms with van der Waals surface area (Å²) in [6.07, 6.45) is 2.10. The van der Waals surface area contributed by atoms with Crippen LogP contribution in [0.5, 0.6) is 11.6 Å². The van der Waals surface area contributed by atoms with Crippen molar-refractivity contribution in [2.75, 3.05) is 13.7 Å². The summed E-state index contributed by atoms with van der Waals surface area (Å²) in [5.74, 6) is -0.101. The Labute approximate surface area is 192 Å². The molecule has 1 atom stereocenters. The number of ether oxygens (including phenoxy) is 2. The molecule has 172 valence electrons.